The van der Waals surface area contributed by atoms with Gasteiger partial charge < -0.3 is 16.2 Å². The first kappa shape index (κ1) is 12.0. The topological polar surface area (TPSA) is 92.4 Å². The third kappa shape index (κ3) is 1.84. The van der Waals surface area contributed by atoms with Gasteiger partial charge in [-0.05, 0) is 19.3 Å². The molecule has 0 aliphatic carbocycles. The molecule has 1 fully saturated rings. The summed E-state index contributed by atoms with van der Waals surface area (Å²) in [5.41, 5.74) is 2.58. The number of hydrogen-bond donors (Lipinski definition) is 3. The van der Waals surface area contributed by atoms with Crippen LogP contribution >= 0.6 is 0 Å². The van der Waals surface area contributed by atoms with Gasteiger partial charge in [0.1, 0.15) is 11.1 Å². The van der Waals surface area contributed by atoms with Crippen LogP contribution in [0.1, 0.15) is 33.6 Å². The highest BCUT2D eigenvalue weighted by Gasteiger charge is 2.58. The Labute approximate surface area is 89.0 Å². The first-order chi connectivity index (χ1) is 6.71. The van der Waals surface area contributed by atoms with Gasteiger partial charge in [0.2, 0.25) is 11.8 Å². The summed E-state index contributed by atoms with van der Waals surface area (Å²) in [7, 11) is 0. The fourth-order valence-corrected chi connectivity index (χ4v) is 2.19. The fourth-order valence-electron chi connectivity index (χ4n) is 2.19. The summed E-state index contributed by atoms with van der Waals surface area (Å²) in [6, 6.07) is 0. The van der Waals surface area contributed by atoms with Gasteiger partial charge in [0.25, 0.3) is 0 Å². The van der Waals surface area contributed by atoms with E-state index in [9.17, 15) is 14.7 Å². The quantitative estimate of drug-likeness (QED) is 0.593. The normalized spacial score (nSPS) is 35.7. The van der Waals surface area contributed by atoms with Crippen molar-refractivity contribution in [2.45, 2.75) is 44.8 Å². The predicted octanol–water partition coefficient (Wildman–Crippen LogP) is -0.472. The Morgan fingerprint density at radius 3 is 2.47 bits per heavy atom. The van der Waals surface area contributed by atoms with E-state index in [1.165, 1.54) is 6.92 Å². The Bertz CT molecular complexity index is 299. The number of amides is 2. The molecule has 4 N–H and O–H groups in total. The lowest BCUT2D eigenvalue weighted by atomic mass is 9.76. The van der Waals surface area contributed by atoms with Crippen molar-refractivity contribution >= 4 is 11.8 Å². The second kappa shape index (κ2) is 3.48. The molecule has 0 spiro atoms. The summed E-state index contributed by atoms with van der Waals surface area (Å²) in [5, 5.41) is 12.6. The molecule has 2 amide bonds. The second-order valence-corrected chi connectivity index (χ2v) is 4.87. The largest absolute Gasteiger partial charge is 0.387 e. The summed E-state index contributed by atoms with van der Waals surface area (Å²) in [6.45, 7) is 5.29. The molecule has 2 atom stereocenters. The molecule has 0 unspecified atom stereocenters. The Morgan fingerprint density at radius 1 is 1.67 bits per heavy atom. The number of nitrogens with two attached hydrogens (primary N) is 1. The van der Waals surface area contributed by atoms with E-state index in [1.54, 1.807) is 0 Å². The zero-order valence-electron chi connectivity index (χ0n) is 9.33. The van der Waals surface area contributed by atoms with E-state index in [4.69, 9.17) is 5.73 Å². The van der Waals surface area contributed by atoms with Crippen molar-refractivity contribution in [2.75, 3.05) is 0 Å². The van der Waals surface area contributed by atoms with Gasteiger partial charge in [0.15, 0.2) is 0 Å². The van der Waals surface area contributed by atoms with Gasteiger partial charge in [-0.1, -0.05) is 13.8 Å². The van der Waals surface area contributed by atoms with Gasteiger partial charge in [0, 0.05) is 0 Å². The number of carbonyl (C=O) groups excluding carboxylic acids is 2. The Hall–Kier alpha value is -1.10. The van der Waals surface area contributed by atoms with E-state index in [0.717, 1.165) is 0 Å². The van der Waals surface area contributed by atoms with E-state index >= 15 is 0 Å². The summed E-state index contributed by atoms with van der Waals surface area (Å²) in [5.74, 6) is -0.853. The third-order valence-corrected chi connectivity index (χ3v) is 2.91. The van der Waals surface area contributed by atoms with Gasteiger partial charge in [-0.25, -0.2) is 0 Å². The minimum atomic E-state index is -1.40. The van der Waals surface area contributed by atoms with Crippen LogP contribution in [-0.2, 0) is 9.59 Å². The summed E-state index contributed by atoms with van der Waals surface area (Å²) in [6.07, 6.45) is 0.268. The smallest absolute Gasteiger partial charge is 0.246 e. The maximum absolute atomic E-state index is 11.5. The zero-order chi connectivity index (χ0) is 11.9. The maximum Gasteiger partial charge on any atom is 0.246 e. The highest BCUT2D eigenvalue weighted by molar-refractivity contribution is 5.96. The summed E-state index contributed by atoms with van der Waals surface area (Å²) >= 11 is 0. The Kier molecular flexibility index (Phi) is 2.78. The highest BCUT2D eigenvalue weighted by Crippen LogP contribution is 2.36. The lowest BCUT2D eigenvalue weighted by molar-refractivity contribution is -0.134. The van der Waals surface area contributed by atoms with Crippen molar-refractivity contribution in [3.8, 4) is 0 Å². The van der Waals surface area contributed by atoms with Crippen LogP contribution in [0.15, 0.2) is 0 Å². The standard InChI is InChI=1S/C10H18N2O3/c1-6(2)4-10(8(11)14)9(3,15)5-7(13)12-10/h6,15H,4-5H2,1-3H3,(H2,11,14)(H,12,13)/t9-,10-/m0/s1. The molecule has 1 rings (SSSR count). The molecule has 5 heteroatoms. The van der Waals surface area contributed by atoms with E-state index in [0.29, 0.717) is 6.42 Å². The number of hydrogen-bond acceptors (Lipinski definition) is 3. The molecule has 0 saturated carbocycles. The van der Waals surface area contributed by atoms with Crippen LogP contribution in [0.5, 0.6) is 0 Å². The lowest BCUT2D eigenvalue weighted by Gasteiger charge is -2.37. The molecule has 1 saturated heterocycles. The number of rotatable bonds is 3. The van der Waals surface area contributed by atoms with Gasteiger partial charge in [0.05, 0.1) is 6.42 Å². The molecule has 15 heavy (non-hydrogen) atoms. The molecule has 0 aromatic heterocycles. The number of aliphatic hydroxyl groups is 1. The molecule has 1 heterocycles. The van der Waals surface area contributed by atoms with Crippen LogP contribution in [0.2, 0.25) is 0 Å². The van der Waals surface area contributed by atoms with Gasteiger partial charge in [-0.2, -0.15) is 0 Å². The first-order valence-corrected chi connectivity index (χ1v) is 5.04. The lowest BCUT2D eigenvalue weighted by Crippen LogP contribution is -2.64. The zero-order valence-corrected chi connectivity index (χ0v) is 9.33. The van der Waals surface area contributed by atoms with Gasteiger partial charge >= 0.3 is 0 Å². The van der Waals surface area contributed by atoms with E-state index in [2.05, 4.69) is 5.32 Å². The molecule has 1 aliphatic rings. The molecule has 0 aromatic rings. The van der Waals surface area contributed by atoms with Crippen molar-refractivity contribution in [3.05, 3.63) is 0 Å². The summed E-state index contributed by atoms with van der Waals surface area (Å²) < 4.78 is 0. The minimum absolute atomic E-state index is 0.0807. The van der Waals surface area contributed by atoms with Crippen molar-refractivity contribution < 1.29 is 14.7 Å². The average molecular weight is 214 g/mol. The van der Waals surface area contributed by atoms with Crippen molar-refractivity contribution in [1.82, 2.24) is 5.32 Å². The molecule has 0 radical (unpaired) electrons. The van der Waals surface area contributed by atoms with Crippen LogP contribution in [-0.4, -0.2) is 28.1 Å². The third-order valence-electron chi connectivity index (χ3n) is 2.91. The number of carbonyl (C=O) groups is 2. The van der Waals surface area contributed by atoms with Crippen LogP contribution in [0.25, 0.3) is 0 Å². The molecular weight excluding hydrogens is 196 g/mol. The van der Waals surface area contributed by atoms with Crippen LogP contribution < -0.4 is 11.1 Å². The highest BCUT2D eigenvalue weighted by atomic mass is 16.3. The molecule has 0 aromatic carbocycles. The minimum Gasteiger partial charge on any atom is -0.387 e. The molecule has 86 valence electrons. The van der Waals surface area contributed by atoms with Crippen LogP contribution in [0.4, 0.5) is 0 Å². The molecule has 1 aliphatic heterocycles. The van der Waals surface area contributed by atoms with E-state index < -0.39 is 17.0 Å². The first-order valence-electron chi connectivity index (χ1n) is 5.04. The molecule has 5 nitrogen and oxygen atoms in total. The Morgan fingerprint density at radius 2 is 2.20 bits per heavy atom. The van der Waals surface area contributed by atoms with Crippen LogP contribution in [0, 0.1) is 5.92 Å². The van der Waals surface area contributed by atoms with Crippen molar-refractivity contribution in [2.24, 2.45) is 11.7 Å². The molecule has 0 bridgehead atoms. The average Bonchev–Trinajstić information content (AvgIpc) is 2.20. The van der Waals surface area contributed by atoms with E-state index in [1.807, 2.05) is 13.8 Å². The predicted molar refractivity (Wildman–Crippen MR) is 54.8 cm³/mol. The van der Waals surface area contributed by atoms with Crippen molar-refractivity contribution in [3.63, 3.8) is 0 Å². The summed E-state index contributed by atoms with van der Waals surface area (Å²) in [4.78, 5) is 22.7. The Balaban J connectivity index is 3.10. The van der Waals surface area contributed by atoms with Gasteiger partial charge in [-0.15, -0.1) is 0 Å². The maximum atomic E-state index is 11.5. The fraction of sp³-hybridized carbons (Fsp3) is 0.800. The second-order valence-electron chi connectivity index (χ2n) is 4.87. The van der Waals surface area contributed by atoms with Gasteiger partial charge in [-0.3, -0.25) is 9.59 Å². The monoisotopic (exact) mass is 214 g/mol. The SMILES string of the molecule is CC(C)C[C@@]1(C(N)=O)NC(=O)C[C@]1(C)O. The van der Waals surface area contributed by atoms with Crippen molar-refractivity contribution in [1.29, 1.82) is 0 Å². The molecular formula is C10H18N2O3. The van der Waals surface area contributed by atoms with E-state index in [-0.39, 0.29) is 18.2 Å². The number of primary amides is 1. The van der Waals surface area contributed by atoms with Crippen LogP contribution in [0.3, 0.4) is 0 Å². The number of nitrogens with one attached hydrogen (secondary N) is 1.